The fraction of sp³-hybridized carbons (Fsp3) is 0.615. The first-order chi connectivity index (χ1) is 8.74. The summed E-state index contributed by atoms with van der Waals surface area (Å²) in [5, 5.41) is 7.99. The molecule has 5 nitrogen and oxygen atoms in total. The van der Waals surface area contributed by atoms with Gasteiger partial charge in [-0.1, -0.05) is 12.8 Å². The van der Waals surface area contributed by atoms with E-state index in [-0.39, 0.29) is 5.69 Å². The fourth-order valence-electron chi connectivity index (χ4n) is 3.22. The fourth-order valence-corrected chi connectivity index (χ4v) is 3.22. The molecule has 1 aromatic rings. The van der Waals surface area contributed by atoms with E-state index in [9.17, 15) is 4.79 Å². The van der Waals surface area contributed by atoms with Gasteiger partial charge >= 0.3 is 0 Å². The normalized spacial score (nSPS) is 27.0. The highest BCUT2D eigenvalue weighted by atomic mass is 16.1. The van der Waals surface area contributed by atoms with Crippen LogP contribution in [-0.2, 0) is 0 Å². The molecule has 0 unspecified atom stereocenters. The van der Waals surface area contributed by atoms with Crippen LogP contribution in [0.3, 0.4) is 0 Å². The molecule has 18 heavy (non-hydrogen) atoms. The topological polar surface area (TPSA) is 72.1 Å². The Labute approximate surface area is 106 Å². The van der Waals surface area contributed by atoms with Gasteiger partial charge < -0.3 is 10.6 Å². The van der Waals surface area contributed by atoms with Crippen molar-refractivity contribution in [2.24, 2.45) is 17.6 Å². The Morgan fingerprint density at radius 1 is 1.17 bits per heavy atom. The SMILES string of the molecule is NC(=O)c1ccc(N2C[C@H]3CCCC[C@@H]3C2)nn1. The molecule has 1 aliphatic heterocycles. The van der Waals surface area contributed by atoms with Gasteiger partial charge in [-0.2, -0.15) is 0 Å². The molecule has 3 rings (SSSR count). The highest BCUT2D eigenvalue weighted by Crippen LogP contribution is 2.37. The average Bonchev–Trinajstić information content (AvgIpc) is 2.82. The van der Waals surface area contributed by atoms with E-state index in [4.69, 9.17) is 5.73 Å². The van der Waals surface area contributed by atoms with E-state index < -0.39 is 5.91 Å². The quantitative estimate of drug-likeness (QED) is 0.851. The monoisotopic (exact) mass is 246 g/mol. The second kappa shape index (κ2) is 4.55. The summed E-state index contributed by atoms with van der Waals surface area (Å²) in [6.07, 6.45) is 5.41. The number of primary amides is 1. The van der Waals surface area contributed by atoms with Crippen molar-refractivity contribution in [3.63, 3.8) is 0 Å². The van der Waals surface area contributed by atoms with Gasteiger partial charge in [0.25, 0.3) is 5.91 Å². The third-order valence-corrected chi connectivity index (χ3v) is 4.20. The third kappa shape index (κ3) is 2.05. The first-order valence-electron chi connectivity index (χ1n) is 6.62. The summed E-state index contributed by atoms with van der Waals surface area (Å²) in [6, 6.07) is 3.51. The molecule has 0 bridgehead atoms. The van der Waals surface area contributed by atoms with Gasteiger partial charge in [-0.05, 0) is 36.8 Å². The first-order valence-corrected chi connectivity index (χ1v) is 6.62. The third-order valence-electron chi connectivity index (χ3n) is 4.20. The van der Waals surface area contributed by atoms with E-state index in [1.54, 1.807) is 6.07 Å². The average molecular weight is 246 g/mol. The number of amides is 1. The molecule has 2 aliphatic rings. The maximum atomic E-state index is 10.9. The molecule has 1 aromatic heterocycles. The van der Waals surface area contributed by atoms with Crippen LogP contribution < -0.4 is 10.6 Å². The minimum atomic E-state index is -0.524. The summed E-state index contributed by atoms with van der Waals surface area (Å²) in [5.74, 6) is 1.98. The van der Waals surface area contributed by atoms with Crippen molar-refractivity contribution in [1.29, 1.82) is 0 Å². The summed E-state index contributed by atoms with van der Waals surface area (Å²) in [5.41, 5.74) is 5.39. The summed E-state index contributed by atoms with van der Waals surface area (Å²) in [4.78, 5) is 13.2. The van der Waals surface area contributed by atoms with Crippen molar-refractivity contribution in [3.05, 3.63) is 17.8 Å². The molecule has 5 heteroatoms. The zero-order valence-electron chi connectivity index (χ0n) is 10.4. The Morgan fingerprint density at radius 2 is 1.83 bits per heavy atom. The number of fused-ring (bicyclic) bond motifs is 1. The number of hydrogen-bond acceptors (Lipinski definition) is 4. The van der Waals surface area contributed by atoms with Crippen LogP contribution in [-0.4, -0.2) is 29.2 Å². The number of anilines is 1. The molecule has 2 heterocycles. The zero-order valence-corrected chi connectivity index (χ0v) is 10.4. The second-order valence-electron chi connectivity index (χ2n) is 5.35. The highest BCUT2D eigenvalue weighted by Gasteiger charge is 2.34. The Hall–Kier alpha value is -1.65. The zero-order chi connectivity index (χ0) is 12.5. The molecule has 1 aliphatic carbocycles. The first kappa shape index (κ1) is 11.4. The maximum absolute atomic E-state index is 10.9. The lowest BCUT2D eigenvalue weighted by Crippen LogP contribution is -2.22. The van der Waals surface area contributed by atoms with Crippen molar-refractivity contribution in [3.8, 4) is 0 Å². The van der Waals surface area contributed by atoms with Crippen LogP contribution in [0.4, 0.5) is 5.82 Å². The lowest BCUT2D eigenvalue weighted by molar-refractivity contribution is 0.0994. The highest BCUT2D eigenvalue weighted by molar-refractivity contribution is 5.90. The van der Waals surface area contributed by atoms with E-state index in [0.717, 1.165) is 30.7 Å². The van der Waals surface area contributed by atoms with Gasteiger partial charge in [0.1, 0.15) is 0 Å². The van der Waals surface area contributed by atoms with Crippen molar-refractivity contribution >= 4 is 11.7 Å². The molecule has 0 aromatic carbocycles. The molecule has 1 amide bonds. The van der Waals surface area contributed by atoms with Crippen molar-refractivity contribution < 1.29 is 4.79 Å². The molecule has 0 spiro atoms. The molecule has 2 atom stereocenters. The molecular formula is C13H18N4O. The Kier molecular flexibility index (Phi) is 2.89. The number of hydrogen-bond donors (Lipinski definition) is 1. The van der Waals surface area contributed by atoms with E-state index in [1.807, 2.05) is 6.07 Å². The molecule has 2 fully saturated rings. The van der Waals surface area contributed by atoms with Gasteiger partial charge in [-0.25, -0.2) is 0 Å². The van der Waals surface area contributed by atoms with Crippen molar-refractivity contribution in [2.75, 3.05) is 18.0 Å². The summed E-state index contributed by atoms with van der Waals surface area (Å²) in [6.45, 7) is 2.16. The molecule has 0 radical (unpaired) electrons. The number of carbonyl (C=O) groups excluding carboxylic acids is 1. The summed E-state index contributed by atoms with van der Waals surface area (Å²) < 4.78 is 0. The Morgan fingerprint density at radius 3 is 2.33 bits per heavy atom. The molecule has 1 saturated carbocycles. The van der Waals surface area contributed by atoms with E-state index in [2.05, 4.69) is 15.1 Å². The predicted molar refractivity (Wildman–Crippen MR) is 68.2 cm³/mol. The van der Waals surface area contributed by atoms with Crippen LogP contribution in [0.25, 0.3) is 0 Å². The largest absolute Gasteiger partial charge is 0.364 e. The summed E-state index contributed by atoms with van der Waals surface area (Å²) in [7, 11) is 0. The number of aromatic nitrogens is 2. The standard InChI is InChI=1S/C13H18N4O/c14-13(18)11-5-6-12(16-15-11)17-7-9-3-1-2-4-10(9)8-17/h5-6,9-10H,1-4,7-8H2,(H2,14,18)/t9-,10-/m1/s1. The van der Waals surface area contributed by atoms with Gasteiger partial charge in [-0.15, -0.1) is 10.2 Å². The Balaban J connectivity index is 1.73. The van der Waals surface area contributed by atoms with Crippen LogP contribution >= 0.6 is 0 Å². The smallest absolute Gasteiger partial charge is 0.269 e. The van der Waals surface area contributed by atoms with Crippen LogP contribution in [0.15, 0.2) is 12.1 Å². The van der Waals surface area contributed by atoms with Gasteiger partial charge in [-0.3, -0.25) is 4.79 Å². The lowest BCUT2D eigenvalue weighted by atomic mass is 9.82. The second-order valence-corrected chi connectivity index (χ2v) is 5.35. The molecular weight excluding hydrogens is 228 g/mol. The summed E-state index contributed by atoms with van der Waals surface area (Å²) >= 11 is 0. The van der Waals surface area contributed by atoms with Crippen molar-refractivity contribution in [1.82, 2.24) is 10.2 Å². The lowest BCUT2D eigenvalue weighted by Gasteiger charge is -2.22. The minimum absolute atomic E-state index is 0.232. The van der Waals surface area contributed by atoms with Gasteiger partial charge in [0.05, 0.1) is 0 Å². The van der Waals surface area contributed by atoms with Gasteiger partial charge in [0.2, 0.25) is 0 Å². The van der Waals surface area contributed by atoms with Crippen LogP contribution in [0.5, 0.6) is 0 Å². The van der Waals surface area contributed by atoms with E-state index in [1.165, 1.54) is 25.7 Å². The number of carbonyl (C=O) groups is 1. The van der Waals surface area contributed by atoms with E-state index in [0.29, 0.717) is 0 Å². The number of rotatable bonds is 2. The van der Waals surface area contributed by atoms with Gasteiger partial charge in [0, 0.05) is 13.1 Å². The number of nitrogens with two attached hydrogens (primary N) is 1. The van der Waals surface area contributed by atoms with E-state index >= 15 is 0 Å². The predicted octanol–water partition coefficient (Wildman–Crippen LogP) is 1.20. The molecule has 2 N–H and O–H groups in total. The molecule has 1 saturated heterocycles. The Bertz CT molecular complexity index is 431. The van der Waals surface area contributed by atoms with Crippen molar-refractivity contribution in [2.45, 2.75) is 25.7 Å². The van der Waals surface area contributed by atoms with Crippen LogP contribution in [0.2, 0.25) is 0 Å². The van der Waals surface area contributed by atoms with Crippen LogP contribution in [0, 0.1) is 11.8 Å². The molecule has 96 valence electrons. The van der Waals surface area contributed by atoms with Gasteiger partial charge in [0.15, 0.2) is 11.5 Å². The minimum Gasteiger partial charge on any atom is -0.364 e. The number of nitrogens with zero attached hydrogens (tertiary/aromatic N) is 3. The maximum Gasteiger partial charge on any atom is 0.269 e. The van der Waals surface area contributed by atoms with Crippen LogP contribution in [0.1, 0.15) is 36.2 Å².